The second-order valence-electron chi connectivity index (χ2n) is 3.90. The third-order valence-electron chi connectivity index (χ3n) is 2.42. The van der Waals surface area contributed by atoms with E-state index in [4.69, 9.17) is 16.7 Å². The van der Waals surface area contributed by atoms with Crippen molar-refractivity contribution in [3.8, 4) is 0 Å². The van der Waals surface area contributed by atoms with E-state index in [-0.39, 0.29) is 28.6 Å². The molecule has 0 atom stereocenters. The zero-order valence-corrected chi connectivity index (χ0v) is 12.6. The normalized spacial score (nSPS) is 11.0. The van der Waals surface area contributed by atoms with Crippen LogP contribution in [0.3, 0.4) is 0 Å². The number of benzene rings is 1. The third-order valence-corrected chi connectivity index (χ3v) is 4.12. The predicted molar refractivity (Wildman–Crippen MR) is 78.3 cm³/mol. The van der Waals surface area contributed by atoms with Crippen molar-refractivity contribution in [3.05, 3.63) is 28.8 Å². The molecule has 0 radical (unpaired) electrons. The van der Waals surface area contributed by atoms with Crippen molar-refractivity contribution in [1.29, 1.82) is 0 Å². The molecule has 0 aromatic heterocycles. The number of rotatable bonds is 6. The Bertz CT molecular complexity index is 647. The van der Waals surface area contributed by atoms with Crippen LogP contribution in [0.1, 0.15) is 10.4 Å². The number of halogens is 1. The van der Waals surface area contributed by atoms with Gasteiger partial charge in [-0.15, -0.1) is 0 Å². The minimum absolute atomic E-state index is 0.0496. The first-order chi connectivity index (χ1) is 9.75. The van der Waals surface area contributed by atoms with E-state index in [9.17, 15) is 18.0 Å². The van der Waals surface area contributed by atoms with Crippen LogP contribution in [0.2, 0.25) is 5.02 Å². The number of carbonyl (C=O) groups excluding carboxylic acids is 1. The molecule has 0 saturated carbocycles. The summed E-state index contributed by atoms with van der Waals surface area (Å²) in [6, 6.07) is 3.32. The Balaban J connectivity index is 2.60. The Morgan fingerprint density at radius 1 is 1.33 bits per heavy atom. The van der Waals surface area contributed by atoms with Crippen LogP contribution in [0.15, 0.2) is 18.2 Å². The van der Waals surface area contributed by atoms with Crippen LogP contribution < -0.4 is 15.4 Å². The molecule has 8 nitrogen and oxygen atoms in total. The first-order valence-electron chi connectivity index (χ1n) is 5.74. The summed E-state index contributed by atoms with van der Waals surface area (Å²) in [7, 11) is -2.12. The van der Waals surface area contributed by atoms with Crippen molar-refractivity contribution in [2.45, 2.75) is 0 Å². The smallest absolute Gasteiger partial charge is 0.337 e. The van der Waals surface area contributed by atoms with Crippen molar-refractivity contribution in [2.24, 2.45) is 0 Å². The second kappa shape index (κ2) is 7.25. The molecule has 0 spiro atoms. The van der Waals surface area contributed by atoms with Gasteiger partial charge >= 0.3 is 12.0 Å². The Hall–Kier alpha value is -1.84. The van der Waals surface area contributed by atoms with Crippen LogP contribution in [0.25, 0.3) is 0 Å². The summed E-state index contributed by atoms with van der Waals surface area (Å²) in [5, 5.41) is 13.7. The molecule has 116 valence electrons. The highest BCUT2D eigenvalue weighted by Gasteiger charge is 2.11. The van der Waals surface area contributed by atoms with Crippen LogP contribution in [-0.4, -0.2) is 44.9 Å². The van der Waals surface area contributed by atoms with Crippen molar-refractivity contribution in [2.75, 3.05) is 24.7 Å². The lowest BCUT2D eigenvalue weighted by Gasteiger charge is -2.09. The number of hydrogen-bond donors (Lipinski definition) is 4. The lowest BCUT2D eigenvalue weighted by atomic mass is 10.2. The highest BCUT2D eigenvalue weighted by molar-refractivity contribution is 7.89. The first kappa shape index (κ1) is 17.2. The maximum atomic E-state index is 11.5. The van der Waals surface area contributed by atoms with E-state index in [0.717, 1.165) is 0 Å². The Morgan fingerprint density at radius 3 is 2.57 bits per heavy atom. The molecule has 1 rings (SSSR count). The Morgan fingerprint density at radius 2 is 2.00 bits per heavy atom. The van der Waals surface area contributed by atoms with Gasteiger partial charge in [0, 0.05) is 12.2 Å². The number of carboxylic acid groups (broad SMARTS) is 1. The van der Waals surface area contributed by atoms with Gasteiger partial charge in [0.15, 0.2) is 0 Å². The minimum Gasteiger partial charge on any atom is -0.478 e. The van der Waals surface area contributed by atoms with E-state index in [1.54, 1.807) is 0 Å². The molecule has 0 heterocycles. The number of carboxylic acids is 1. The SMILES string of the molecule is CNS(=O)(=O)CCNC(=O)Nc1ccc(Cl)c(C(=O)O)c1. The lowest BCUT2D eigenvalue weighted by Crippen LogP contribution is -2.35. The van der Waals surface area contributed by atoms with Gasteiger partial charge < -0.3 is 15.7 Å². The van der Waals surface area contributed by atoms with Crippen molar-refractivity contribution >= 4 is 39.3 Å². The minimum atomic E-state index is -3.40. The van der Waals surface area contributed by atoms with E-state index in [1.807, 2.05) is 0 Å². The molecule has 0 aliphatic carbocycles. The maximum absolute atomic E-state index is 11.5. The van der Waals surface area contributed by atoms with Gasteiger partial charge in [0.05, 0.1) is 16.3 Å². The summed E-state index contributed by atoms with van der Waals surface area (Å²) in [5.41, 5.74) is 0.0815. The molecule has 0 aliphatic heterocycles. The molecule has 4 N–H and O–H groups in total. The molecule has 0 fully saturated rings. The lowest BCUT2D eigenvalue weighted by molar-refractivity contribution is 0.0697. The number of sulfonamides is 1. The molecular weight excluding hydrogens is 322 g/mol. The third kappa shape index (κ3) is 5.58. The summed E-state index contributed by atoms with van der Waals surface area (Å²) in [6.07, 6.45) is 0. The van der Waals surface area contributed by atoms with E-state index in [2.05, 4.69) is 15.4 Å². The van der Waals surface area contributed by atoms with Crippen molar-refractivity contribution in [1.82, 2.24) is 10.0 Å². The molecule has 0 bridgehead atoms. The number of carbonyl (C=O) groups is 2. The van der Waals surface area contributed by atoms with Crippen LogP contribution >= 0.6 is 11.6 Å². The number of anilines is 1. The molecule has 2 amide bonds. The highest BCUT2D eigenvalue weighted by Crippen LogP contribution is 2.20. The molecule has 1 aromatic carbocycles. The molecule has 21 heavy (non-hydrogen) atoms. The van der Waals surface area contributed by atoms with Gasteiger partial charge in [-0.1, -0.05) is 11.6 Å². The van der Waals surface area contributed by atoms with Crippen LogP contribution in [-0.2, 0) is 10.0 Å². The Labute approximate surface area is 126 Å². The van der Waals surface area contributed by atoms with Gasteiger partial charge in [0.25, 0.3) is 0 Å². The number of urea groups is 1. The van der Waals surface area contributed by atoms with Crippen LogP contribution in [0.5, 0.6) is 0 Å². The standard InChI is InChI=1S/C11H14ClN3O5S/c1-13-21(19,20)5-4-14-11(18)15-7-2-3-9(12)8(6-7)10(16)17/h2-3,6,13H,4-5H2,1H3,(H,16,17)(H2,14,15,18). The fourth-order valence-corrected chi connectivity index (χ4v) is 2.12. The van der Waals surface area contributed by atoms with Gasteiger partial charge in [-0.05, 0) is 25.2 Å². The van der Waals surface area contributed by atoms with E-state index < -0.39 is 22.0 Å². The Kier molecular flexibility index (Phi) is 5.94. The summed E-state index contributed by atoms with van der Waals surface area (Å²) in [4.78, 5) is 22.4. The average Bonchev–Trinajstić information content (AvgIpc) is 2.40. The number of amides is 2. The summed E-state index contributed by atoms with van der Waals surface area (Å²) < 4.78 is 24.4. The zero-order valence-electron chi connectivity index (χ0n) is 11.0. The summed E-state index contributed by atoms with van der Waals surface area (Å²) >= 11 is 5.69. The van der Waals surface area contributed by atoms with Crippen molar-refractivity contribution in [3.63, 3.8) is 0 Å². The van der Waals surface area contributed by atoms with Gasteiger partial charge in [-0.25, -0.2) is 22.7 Å². The fourth-order valence-electron chi connectivity index (χ4n) is 1.34. The van der Waals surface area contributed by atoms with Gasteiger partial charge in [0.1, 0.15) is 0 Å². The number of nitrogens with one attached hydrogen (secondary N) is 3. The van der Waals surface area contributed by atoms with Crippen molar-refractivity contribution < 1.29 is 23.1 Å². The molecule has 0 saturated heterocycles. The molecule has 0 unspecified atom stereocenters. The van der Waals surface area contributed by atoms with E-state index in [0.29, 0.717) is 0 Å². The molecule has 1 aromatic rings. The van der Waals surface area contributed by atoms with Gasteiger partial charge in [-0.3, -0.25) is 0 Å². The molecular formula is C11H14ClN3O5S. The fraction of sp³-hybridized carbons (Fsp3) is 0.273. The molecule has 0 aliphatic rings. The number of hydrogen-bond acceptors (Lipinski definition) is 4. The summed E-state index contributed by atoms with van der Waals surface area (Å²) in [6.45, 7) is -0.0889. The highest BCUT2D eigenvalue weighted by atomic mass is 35.5. The monoisotopic (exact) mass is 335 g/mol. The largest absolute Gasteiger partial charge is 0.478 e. The topological polar surface area (TPSA) is 125 Å². The predicted octanol–water partition coefficient (Wildman–Crippen LogP) is 0.709. The summed E-state index contributed by atoms with van der Waals surface area (Å²) in [5.74, 6) is -1.48. The van der Waals surface area contributed by atoms with Gasteiger partial charge in [-0.2, -0.15) is 0 Å². The van der Waals surface area contributed by atoms with Gasteiger partial charge in [0.2, 0.25) is 10.0 Å². The maximum Gasteiger partial charge on any atom is 0.337 e. The first-order valence-corrected chi connectivity index (χ1v) is 7.77. The molecule has 10 heteroatoms. The average molecular weight is 336 g/mol. The van der Waals surface area contributed by atoms with Crippen LogP contribution in [0, 0.1) is 0 Å². The second-order valence-corrected chi connectivity index (χ2v) is 6.36. The van der Waals surface area contributed by atoms with E-state index >= 15 is 0 Å². The number of aromatic carboxylic acids is 1. The zero-order chi connectivity index (χ0) is 16.0. The van der Waals surface area contributed by atoms with Crippen LogP contribution in [0.4, 0.5) is 10.5 Å². The quantitative estimate of drug-likeness (QED) is 0.609. The van der Waals surface area contributed by atoms with E-state index in [1.165, 1.54) is 25.2 Å².